The molecule has 2 N–H and O–H groups in total. The van der Waals surface area contributed by atoms with Crippen LogP contribution in [0.4, 0.5) is 0 Å². The number of furan rings is 1. The van der Waals surface area contributed by atoms with Crippen LogP contribution in [0.1, 0.15) is 17.5 Å². The molecule has 0 aliphatic carbocycles. The number of imidazole rings is 1. The van der Waals surface area contributed by atoms with Gasteiger partial charge in [0.1, 0.15) is 5.76 Å². The molecule has 0 saturated carbocycles. The van der Waals surface area contributed by atoms with Gasteiger partial charge in [0, 0.05) is 25.5 Å². The van der Waals surface area contributed by atoms with E-state index in [0.717, 1.165) is 11.5 Å². The molecule has 16 heavy (non-hydrogen) atoms. The zero-order valence-electron chi connectivity index (χ0n) is 9.14. The van der Waals surface area contributed by atoms with Crippen LogP contribution < -0.4 is 5.32 Å². The van der Waals surface area contributed by atoms with Gasteiger partial charge in [-0.2, -0.15) is 0 Å². The number of methoxy groups -OCH3 is 1. The van der Waals surface area contributed by atoms with E-state index < -0.39 is 0 Å². The summed E-state index contributed by atoms with van der Waals surface area (Å²) in [5, 5.41) is 3.34. The lowest BCUT2D eigenvalue weighted by molar-refractivity contribution is 0.156. The Morgan fingerprint density at radius 3 is 3.19 bits per heavy atom. The molecule has 0 amide bonds. The fraction of sp³-hybridized carbons (Fsp3) is 0.364. The first-order chi connectivity index (χ1) is 7.90. The quantitative estimate of drug-likeness (QED) is 0.775. The van der Waals surface area contributed by atoms with Crippen molar-refractivity contribution in [1.82, 2.24) is 15.3 Å². The average molecular weight is 221 g/mol. The fourth-order valence-corrected chi connectivity index (χ4v) is 1.51. The van der Waals surface area contributed by atoms with E-state index in [0.29, 0.717) is 13.2 Å². The van der Waals surface area contributed by atoms with E-state index in [-0.39, 0.29) is 6.04 Å². The highest BCUT2D eigenvalue weighted by atomic mass is 16.5. The maximum atomic E-state index is 5.35. The SMILES string of the molecule is COCC(NCc1cnc[nH]1)c1ccco1. The lowest BCUT2D eigenvalue weighted by Gasteiger charge is -2.14. The summed E-state index contributed by atoms with van der Waals surface area (Å²) in [7, 11) is 1.67. The number of ether oxygens (including phenoxy) is 1. The summed E-state index contributed by atoms with van der Waals surface area (Å²) in [5.74, 6) is 0.876. The van der Waals surface area contributed by atoms with Gasteiger partial charge in [0.25, 0.3) is 0 Å². The zero-order valence-corrected chi connectivity index (χ0v) is 9.14. The molecular weight excluding hydrogens is 206 g/mol. The Bertz CT molecular complexity index is 383. The first kappa shape index (κ1) is 10.9. The zero-order chi connectivity index (χ0) is 11.2. The molecule has 86 valence electrons. The predicted molar refractivity (Wildman–Crippen MR) is 58.8 cm³/mol. The molecule has 0 aliphatic heterocycles. The van der Waals surface area contributed by atoms with Crippen molar-refractivity contribution in [3.63, 3.8) is 0 Å². The van der Waals surface area contributed by atoms with Crippen molar-refractivity contribution in [1.29, 1.82) is 0 Å². The maximum absolute atomic E-state index is 5.35. The number of aromatic amines is 1. The molecule has 2 aromatic rings. The van der Waals surface area contributed by atoms with Crippen molar-refractivity contribution in [2.24, 2.45) is 0 Å². The molecule has 1 atom stereocenters. The summed E-state index contributed by atoms with van der Waals surface area (Å²) in [5.41, 5.74) is 1.03. The summed E-state index contributed by atoms with van der Waals surface area (Å²) in [4.78, 5) is 6.99. The van der Waals surface area contributed by atoms with Gasteiger partial charge in [-0.15, -0.1) is 0 Å². The van der Waals surface area contributed by atoms with Crippen LogP contribution in [0.2, 0.25) is 0 Å². The summed E-state index contributed by atoms with van der Waals surface area (Å²) < 4.78 is 10.5. The summed E-state index contributed by atoms with van der Waals surface area (Å²) in [6.45, 7) is 1.27. The molecule has 1 unspecified atom stereocenters. The van der Waals surface area contributed by atoms with Crippen LogP contribution in [-0.4, -0.2) is 23.7 Å². The van der Waals surface area contributed by atoms with Crippen LogP contribution >= 0.6 is 0 Å². The molecule has 2 rings (SSSR count). The molecular formula is C11H15N3O2. The minimum atomic E-state index is 0.0586. The van der Waals surface area contributed by atoms with Crippen LogP contribution in [0.25, 0.3) is 0 Å². The van der Waals surface area contributed by atoms with Gasteiger partial charge in [0.05, 0.1) is 25.2 Å². The monoisotopic (exact) mass is 221 g/mol. The van der Waals surface area contributed by atoms with Gasteiger partial charge in [-0.1, -0.05) is 0 Å². The third-order valence-electron chi connectivity index (χ3n) is 2.31. The van der Waals surface area contributed by atoms with E-state index in [1.54, 1.807) is 25.9 Å². The summed E-state index contributed by atoms with van der Waals surface area (Å²) in [6.07, 6.45) is 5.12. The minimum absolute atomic E-state index is 0.0586. The number of nitrogens with one attached hydrogen (secondary N) is 2. The second kappa shape index (κ2) is 5.48. The predicted octanol–water partition coefficient (Wildman–Crippen LogP) is 1.48. The summed E-state index contributed by atoms with van der Waals surface area (Å²) in [6, 6.07) is 3.86. The highest BCUT2D eigenvalue weighted by Gasteiger charge is 2.13. The Kier molecular flexibility index (Phi) is 3.74. The van der Waals surface area contributed by atoms with Gasteiger partial charge in [-0.05, 0) is 12.1 Å². The van der Waals surface area contributed by atoms with Crippen molar-refractivity contribution < 1.29 is 9.15 Å². The van der Waals surface area contributed by atoms with E-state index >= 15 is 0 Å². The van der Waals surface area contributed by atoms with E-state index in [9.17, 15) is 0 Å². The van der Waals surface area contributed by atoms with Crippen molar-refractivity contribution >= 4 is 0 Å². The second-order valence-electron chi connectivity index (χ2n) is 3.48. The lowest BCUT2D eigenvalue weighted by atomic mass is 10.2. The highest BCUT2D eigenvalue weighted by Crippen LogP contribution is 2.14. The average Bonchev–Trinajstić information content (AvgIpc) is 2.96. The van der Waals surface area contributed by atoms with Crippen molar-refractivity contribution in [2.45, 2.75) is 12.6 Å². The fourth-order valence-electron chi connectivity index (χ4n) is 1.51. The second-order valence-corrected chi connectivity index (χ2v) is 3.48. The van der Waals surface area contributed by atoms with Crippen LogP contribution in [0.15, 0.2) is 35.3 Å². The third-order valence-corrected chi connectivity index (χ3v) is 2.31. The van der Waals surface area contributed by atoms with Crippen molar-refractivity contribution in [3.05, 3.63) is 42.4 Å². The summed E-state index contributed by atoms with van der Waals surface area (Å²) >= 11 is 0. The Hall–Kier alpha value is -1.59. The molecule has 0 aromatic carbocycles. The van der Waals surface area contributed by atoms with Gasteiger partial charge in [0.2, 0.25) is 0 Å². The van der Waals surface area contributed by atoms with Crippen LogP contribution in [0, 0.1) is 0 Å². The molecule has 0 radical (unpaired) electrons. The standard InChI is InChI=1S/C11H15N3O2/c1-15-7-10(11-3-2-4-16-11)13-6-9-5-12-8-14-9/h2-5,8,10,13H,6-7H2,1H3,(H,12,14). The first-order valence-electron chi connectivity index (χ1n) is 5.13. The van der Waals surface area contributed by atoms with Crippen LogP contribution in [0.5, 0.6) is 0 Å². The Labute approximate surface area is 93.8 Å². The van der Waals surface area contributed by atoms with E-state index in [4.69, 9.17) is 9.15 Å². The number of H-pyrrole nitrogens is 1. The highest BCUT2D eigenvalue weighted by molar-refractivity contribution is 5.05. The van der Waals surface area contributed by atoms with Gasteiger partial charge in [-0.25, -0.2) is 4.98 Å². The van der Waals surface area contributed by atoms with Crippen LogP contribution in [-0.2, 0) is 11.3 Å². The van der Waals surface area contributed by atoms with Crippen LogP contribution in [0.3, 0.4) is 0 Å². The molecule has 0 spiro atoms. The van der Waals surface area contributed by atoms with Gasteiger partial charge >= 0.3 is 0 Å². The molecule has 2 aromatic heterocycles. The molecule has 5 nitrogen and oxygen atoms in total. The van der Waals surface area contributed by atoms with Crippen molar-refractivity contribution in [2.75, 3.05) is 13.7 Å². The van der Waals surface area contributed by atoms with Gasteiger partial charge in [0.15, 0.2) is 0 Å². The number of hydrogen-bond donors (Lipinski definition) is 2. The third kappa shape index (κ3) is 2.71. The van der Waals surface area contributed by atoms with Gasteiger partial charge < -0.3 is 14.1 Å². The Balaban J connectivity index is 1.93. The molecule has 5 heteroatoms. The topological polar surface area (TPSA) is 63.1 Å². The Morgan fingerprint density at radius 2 is 2.56 bits per heavy atom. The molecule has 0 saturated heterocycles. The minimum Gasteiger partial charge on any atom is -0.468 e. The Morgan fingerprint density at radius 1 is 1.62 bits per heavy atom. The number of nitrogens with zero attached hydrogens (tertiary/aromatic N) is 1. The van der Waals surface area contributed by atoms with E-state index in [1.165, 1.54) is 0 Å². The molecule has 2 heterocycles. The maximum Gasteiger partial charge on any atom is 0.123 e. The normalized spacial score (nSPS) is 12.8. The first-order valence-corrected chi connectivity index (χ1v) is 5.13. The van der Waals surface area contributed by atoms with E-state index in [2.05, 4.69) is 15.3 Å². The number of hydrogen-bond acceptors (Lipinski definition) is 4. The van der Waals surface area contributed by atoms with Crippen molar-refractivity contribution in [3.8, 4) is 0 Å². The largest absolute Gasteiger partial charge is 0.468 e. The molecule has 0 fully saturated rings. The lowest BCUT2D eigenvalue weighted by Crippen LogP contribution is -2.24. The molecule has 0 aliphatic rings. The number of aromatic nitrogens is 2. The smallest absolute Gasteiger partial charge is 0.123 e. The number of rotatable bonds is 6. The molecule has 0 bridgehead atoms. The van der Waals surface area contributed by atoms with Gasteiger partial charge in [-0.3, -0.25) is 5.32 Å². The van der Waals surface area contributed by atoms with E-state index in [1.807, 2.05) is 12.1 Å².